The van der Waals surface area contributed by atoms with Gasteiger partial charge in [0, 0.05) is 52.0 Å². The molecule has 618 valence electrons. The molecule has 3 aliphatic heterocycles. The van der Waals surface area contributed by atoms with Crippen LogP contribution in [-0.4, -0.2) is 260 Å². The van der Waals surface area contributed by atoms with E-state index in [0.29, 0.717) is 0 Å². The van der Waals surface area contributed by atoms with Gasteiger partial charge in [0.1, 0.15) is 78.5 Å². The lowest BCUT2D eigenvalue weighted by Gasteiger charge is -2.34. The summed E-state index contributed by atoms with van der Waals surface area (Å²) in [5.74, 6) is -17.3. The molecule has 14 atom stereocenters. The maximum Gasteiger partial charge on any atom is 0.325 e. The zero-order valence-electron chi connectivity index (χ0n) is 64.3. The minimum absolute atomic E-state index is 0.00508. The molecule has 3 rings (SSSR count). The van der Waals surface area contributed by atoms with Crippen molar-refractivity contribution >= 4 is 113 Å². The molecule has 0 aromatic rings. The third-order valence-corrected chi connectivity index (χ3v) is 18.4. The molecule has 14 amide bonds. The number of aliphatic carboxylic acids is 3. The Morgan fingerprint density at radius 2 is 0.700 bits per heavy atom. The predicted octanol–water partition coefficient (Wildman–Crippen LogP) is -5.48. The number of aliphatic imine (C=N–C) groups is 2. The van der Waals surface area contributed by atoms with Crippen molar-refractivity contribution in [1.82, 2.24) is 67.9 Å². The van der Waals surface area contributed by atoms with Gasteiger partial charge in [-0.3, -0.25) is 91.5 Å². The highest BCUT2D eigenvalue weighted by molar-refractivity contribution is 6.01. The molecular formula is C69H117N21O20. The number of carbonyl (C=O) groups excluding carboxylic acids is 14. The summed E-state index contributed by atoms with van der Waals surface area (Å²) in [5.41, 5.74) is 33.6. The van der Waals surface area contributed by atoms with Gasteiger partial charge in [-0.15, -0.1) is 0 Å². The molecule has 25 N–H and O–H groups in total. The molecule has 0 radical (unpaired) electrons. The number of rotatable bonds is 47. The summed E-state index contributed by atoms with van der Waals surface area (Å²) in [6.07, 6.45) is -2.52. The van der Waals surface area contributed by atoms with Gasteiger partial charge in [0.25, 0.3) is 0 Å². The van der Waals surface area contributed by atoms with Gasteiger partial charge < -0.3 is 118 Å². The maximum atomic E-state index is 15.0. The number of nitrogens with one attached hydrogen (secondary N) is 10. The second-order valence-electron chi connectivity index (χ2n) is 29.3. The fourth-order valence-electron chi connectivity index (χ4n) is 12.7. The number of carbonyl (C=O) groups is 17. The SMILES string of the molecule is CC(C)C[C@H](NC(=O)[C@H](C)N)C(=O)N[C@@H](CCCN=C(N)N)C(=O)N[C@@H](CC(C)C)C(=O)N[C@@H](CC(C)C)C(=O)N[C@@H](CCC(N)=O)C(=O)N[C@@H](CCCN=C(N)N)C(=O)N1CCC[C@H]1C(=O)N1CCC[C@H]1C(=O)N[C@@H](CCC(=O)O)C(=O)N[C@@H](CCC(=O)O)C(=O)N1CCC[C@H]1C(=O)N[C@@H](C)C(=O)N[C@@H](C)C(=O)O. The first-order valence-electron chi connectivity index (χ1n) is 37.3. The van der Waals surface area contributed by atoms with Gasteiger partial charge in [0.05, 0.1) is 6.04 Å². The summed E-state index contributed by atoms with van der Waals surface area (Å²) in [6, 6.07) is -19.1. The first-order valence-corrected chi connectivity index (χ1v) is 37.3. The lowest BCUT2D eigenvalue weighted by molar-refractivity contribution is -0.148. The molecule has 3 aliphatic rings. The van der Waals surface area contributed by atoms with Crippen LogP contribution < -0.4 is 87.6 Å². The molecule has 41 nitrogen and oxygen atoms in total. The Morgan fingerprint density at radius 1 is 0.373 bits per heavy atom. The summed E-state index contributed by atoms with van der Waals surface area (Å²) in [4.78, 5) is 243. The summed E-state index contributed by atoms with van der Waals surface area (Å²) < 4.78 is 0. The van der Waals surface area contributed by atoms with E-state index in [4.69, 9.17) is 34.4 Å². The quantitative estimate of drug-likeness (QED) is 0.0154. The molecule has 0 spiro atoms. The van der Waals surface area contributed by atoms with Crippen molar-refractivity contribution in [3.63, 3.8) is 0 Å². The topological polar surface area (TPSA) is 662 Å². The number of nitrogens with two attached hydrogens (primary N) is 6. The van der Waals surface area contributed by atoms with Gasteiger partial charge in [-0.05, 0) is 141 Å². The predicted molar refractivity (Wildman–Crippen MR) is 396 cm³/mol. The Labute approximate surface area is 638 Å². The largest absolute Gasteiger partial charge is 0.481 e. The van der Waals surface area contributed by atoms with Gasteiger partial charge in [0.2, 0.25) is 82.7 Å². The summed E-state index contributed by atoms with van der Waals surface area (Å²) in [7, 11) is 0. The number of hydrogen-bond donors (Lipinski definition) is 19. The highest BCUT2D eigenvalue weighted by Crippen LogP contribution is 2.28. The van der Waals surface area contributed by atoms with E-state index in [9.17, 15) is 92.0 Å². The van der Waals surface area contributed by atoms with Crippen LogP contribution in [-0.2, 0) is 81.5 Å². The Hall–Kier alpha value is -10.5. The van der Waals surface area contributed by atoms with Crippen LogP contribution in [0.3, 0.4) is 0 Å². The Balaban J connectivity index is 1.95. The van der Waals surface area contributed by atoms with E-state index in [0.717, 1.165) is 4.90 Å². The van der Waals surface area contributed by atoms with E-state index in [2.05, 4.69) is 63.2 Å². The molecule has 0 aliphatic carbocycles. The Morgan fingerprint density at radius 3 is 1.11 bits per heavy atom. The fraction of sp³-hybridized carbons (Fsp3) is 0.725. The summed E-state index contributed by atoms with van der Waals surface area (Å²) in [5, 5.41) is 54.2. The molecule has 3 saturated heterocycles. The average molecular weight is 1560 g/mol. The van der Waals surface area contributed by atoms with E-state index in [-0.39, 0.29) is 146 Å². The zero-order valence-corrected chi connectivity index (χ0v) is 64.3. The highest BCUT2D eigenvalue weighted by atomic mass is 16.4. The lowest BCUT2D eigenvalue weighted by atomic mass is 9.98. The van der Waals surface area contributed by atoms with Crippen molar-refractivity contribution < 1.29 is 96.8 Å². The Bertz CT molecular complexity index is 3330. The number of carboxylic acids is 3. The standard InChI is InChI=1S/C69H117N21O20/c1-34(2)31-45(85-54(96)37(7)70)59(101)80-40(15-10-26-76-68(72)73)56(98)86-47(33-36(5)6)61(103)87-46(32-35(3)4)60(102)81-41(20-23-51(71)91)57(99)83-43(16-11-27-77-69(74)75)64(106)90-30-14-19-50(90)66(108)89-29-13-18-49(89)63(105)82-42(21-24-52(92)93)58(100)84-44(22-25-53(94)95)65(107)88-28-12-17-48(88)62(104)78-38(8)55(97)79-39(9)67(109)110/h34-50H,10-33,70H2,1-9H3,(H2,71,91)(H,78,104)(H,79,97)(H,80,101)(H,81,102)(H,82,105)(H,83,99)(H,84,100)(H,85,96)(H,86,98)(H,87,103)(H,92,93)(H,94,95)(H,109,110)(H4,72,73,76)(H4,74,75,77)/t37-,38-,39-,40-,41-,42-,43-,44-,45-,46-,47-,48-,49-,50-/m0/s1. The van der Waals surface area contributed by atoms with Crippen molar-refractivity contribution in [2.45, 2.75) is 269 Å². The third-order valence-electron chi connectivity index (χ3n) is 18.4. The number of guanidine groups is 2. The normalized spacial score (nSPS) is 18.4. The zero-order chi connectivity index (χ0) is 83.0. The second kappa shape index (κ2) is 46.1. The number of hydrogen-bond acceptors (Lipinski definition) is 20. The van der Waals surface area contributed by atoms with Gasteiger partial charge in [-0.1, -0.05) is 41.5 Å². The van der Waals surface area contributed by atoms with Crippen LogP contribution in [0.1, 0.15) is 184 Å². The number of carboxylic acid groups (broad SMARTS) is 3. The minimum atomic E-state index is -1.73. The van der Waals surface area contributed by atoms with E-state index in [1.165, 1.54) is 30.6 Å². The van der Waals surface area contributed by atoms with Gasteiger partial charge >= 0.3 is 17.9 Å². The van der Waals surface area contributed by atoms with E-state index in [1.54, 1.807) is 27.7 Å². The number of amides is 14. The molecule has 0 aromatic carbocycles. The minimum Gasteiger partial charge on any atom is -0.481 e. The van der Waals surface area contributed by atoms with Crippen LogP contribution in [0.4, 0.5) is 0 Å². The smallest absolute Gasteiger partial charge is 0.325 e. The van der Waals surface area contributed by atoms with Crippen LogP contribution in [0.2, 0.25) is 0 Å². The van der Waals surface area contributed by atoms with Gasteiger partial charge in [0.15, 0.2) is 11.9 Å². The van der Waals surface area contributed by atoms with Crippen molar-refractivity contribution in [3.8, 4) is 0 Å². The third kappa shape index (κ3) is 32.0. The second-order valence-corrected chi connectivity index (χ2v) is 29.3. The highest BCUT2D eigenvalue weighted by Gasteiger charge is 2.46. The molecule has 0 aromatic heterocycles. The first-order chi connectivity index (χ1) is 51.5. The molecule has 0 unspecified atom stereocenters. The monoisotopic (exact) mass is 1560 g/mol. The number of primary amides is 1. The van der Waals surface area contributed by atoms with Crippen molar-refractivity contribution in [2.24, 2.45) is 62.1 Å². The van der Waals surface area contributed by atoms with E-state index >= 15 is 4.79 Å². The van der Waals surface area contributed by atoms with Crippen molar-refractivity contribution in [1.29, 1.82) is 0 Å². The van der Waals surface area contributed by atoms with E-state index in [1.807, 2.05) is 13.8 Å². The summed E-state index contributed by atoms with van der Waals surface area (Å²) >= 11 is 0. The molecule has 3 heterocycles. The van der Waals surface area contributed by atoms with Crippen LogP contribution in [0, 0.1) is 17.8 Å². The van der Waals surface area contributed by atoms with Crippen LogP contribution >= 0.6 is 0 Å². The van der Waals surface area contributed by atoms with Gasteiger partial charge in [-0.2, -0.15) is 0 Å². The fourth-order valence-corrected chi connectivity index (χ4v) is 12.7. The number of likely N-dealkylation sites (tertiary alicyclic amines) is 3. The van der Waals surface area contributed by atoms with E-state index < -0.39 is 224 Å². The molecule has 3 fully saturated rings. The maximum absolute atomic E-state index is 15.0. The summed E-state index contributed by atoms with van der Waals surface area (Å²) in [6.45, 7) is 14.4. The van der Waals surface area contributed by atoms with Crippen molar-refractivity contribution in [3.05, 3.63) is 0 Å². The molecule has 0 bridgehead atoms. The van der Waals surface area contributed by atoms with Crippen LogP contribution in [0.25, 0.3) is 0 Å². The van der Waals surface area contributed by atoms with Crippen molar-refractivity contribution in [2.75, 3.05) is 32.7 Å². The molecular weight excluding hydrogens is 1440 g/mol. The average Bonchev–Trinajstić information content (AvgIpc) is 1.63. The molecule has 110 heavy (non-hydrogen) atoms. The number of nitrogens with zero attached hydrogens (tertiary/aromatic N) is 5. The van der Waals surface area contributed by atoms with Crippen LogP contribution in [0.15, 0.2) is 9.98 Å². The molecule has 41 heteroatoms. The van der Waals surface area contributed by atoms with Gasteiger partial charge in [-0.25, -0.2) is 0 Å². The van der Waals surface area contributed by atoms with Crippen LogP contribution in [0.5, 0.6) is 0 Å². The Kier molecular flexibility index (Phi) is 39.3. The first kappa shape index (κ1) is 93.7. The molecule has 0 saturated carbocycles. The lowest BCUT2D eigenvalue weighted by Crippen LogP contribution is -2.61.